The zero-order valence-electron chi connectivity index (χ0n) is 15.1. The molecule has 2 aliphatic rings. The molecule has 7 heteroatoms. The number of piperidine rings is 2. The van der Waals surface area contributed by atoms with Gasteiger partial charge in [0.25, 0.3) is 10.2 Å². The van der Waals surface area contributed by atoms with Gasteiger partial charge in [-0.2, -0.15) is 13.1 Å². The minimum absolute atomic E-state index is 0.375. The Morgan fingerprint density at radius 1 is 0.920 bits per heavy atom. The van der Waals surface area contributed by atoms with E-state index in [2.05, 4.69) is 31.4 Å². The van der Waals surface area contributed by atoms with Gasteiger partial charge in [0, 0.05) is 38.4 Å². The van der Waals surface area contributed by atoms with Crippen LogP contribution in [0.2, 0.25) is 0 Å². The molecular weight excluding hydrogens is 336 g/mol. The second-order valence-electron chi connectivity index (χ2n) is 6.90. The SMILES string of the molecule is CCNS(=O)(=O)Nc1cc(N2CCCCC2)ccc1N1CCCCC1. The molecule has 1 aromatic rings. The molecule has 0 amide bonds. The third-order valence-electron chi connectivity index (χ3n) is 4.98. The van der Waals surface area contributed by atoms with Gasteiger partial charge < -0.3 is 9.80 Å². The summed E-state index contributed by atoms with van der Waals surface area (Å²) in [6.07, 6.45) is 7.25. The first-order valence-electron chi connectivity index (χ1n) is 9.50. The van der Waals surface area contributed by atoms with Crippen LogP contribution in [0.5, 0.6) is 0 Å². The van der Waals surface area contributed by atoms with E-state index in [1.165, 1.54) is 25.7 Å². The average molecular weight is 367 g/mol. The highest BCUT2D eigenvalue weighted by atomic mass is 32.2. The highest BCUT2D eigenvalue weighted by Gasteiger charge is 2.20. The first kappa shape index (κ1) is 18.3. The predicted molar refractivity (Wildman–Crippen MR) is 105 cm³/mol. The van der Waals surface area contributed by atoms with E-state index in [0.717, 1.165) is 50.4 Å². The number of nitrogens with zero attached hydrogens (tertiary/aromatic N) is 2. The molecule has 0 unspecified atom stereocenters. The first-order chi connectivity index (χ1) is 12.1. The lowest BCUT2D eigenvalue weighted by Gasteiger charge is -2.33. The Bertz CT molecular complexity index is 666. The van der Waals surface area contributed by atoms with Gasteiger partial charge in [-0.15, -0.1) is 0 Å². The Kier molecular flexibility index (Phi) is 6.06. The van der Waals surface area contributed by atoms with E-state index < -0.39 is 10.2 Å². The lowest BCUT2D eigenvalue weighted by molar-refractivity contribution is 0.575. The summed E-state index contributed by atoms with van der Waals surface area (Å²) < 4.78 is 29.8. The second kappa shape index (κ2) is 8.27. The van der Waals surface area contributed by atoms with E-state index >= 15 is 0 Å². The molecule has 0 bridgehead atoms. The molecule has 2 N–H and O–H groups in total. The fourth-order valence-corrected chi connectivity index (χ4v) is 4.64. The maximum atomic E-state index is 12.3. The molecule has 0 radical (unpaired) electrons. The Morgan fingerprint density at radius 3 is 2.12 bits per heavy atom. The summed E-state index contributed by atoms with van der Waals surface area (Å²) in [5.74, 6) is 0. The van der Waals surface area contributed by atoms with E-state index in [1.54, 1.807) is 6.92 Å². The van der Waals surface area contributed by atoms with Crippen LogP contribution >= 0.6 is 0 Å². The van der Waals surface area contributed by atoms with Crippen LogP contribution in [0.25, 0.3) is 0 Å². The van der Waals surface area contributed by atoms with Crippen LogP contribution in [0.1, 0.15) is 45.4 Å². The maximum absolute atomic E-state index is 12.3. The summed E-state index contributed by atoms with van der Waals surface area (Å²) in [6.45, 7) is 6.22. The van der Waals surface area contributed by atoms with Gasteiger partial charge >= 0.3 is 0 Å². The quantitative estimate of drug-likeness (QED) is 0.812. The van der Waals surface area contributed by atoms with Crippen LogP contribution in [0.4, 0.5) is 17.1 Å². The number of hydrogen-bond donors (Lipinski definition) is 2. The van der Waals surface area contributed by atoms with Crippen LogP contribution in [-0.2, 0) is 10.2 Å². The molecule has 3 rings (SSSR count). The molecule has 0 aromatic heterocycles. The van der Waals surface area contributed by atoms with Gasteiger partial charge in [-0.05, 0) is 56.7 Å². The zero-order chi connectivity index (χ0) is 17.7. The van der Waals surface area contributed by atoms with E-state index in [-0.39, 0.29) is 0 Å². The van der Waals surface area contributed by atoms with Crippen LogP contribution < -0.4 is 19.2 Å². The Balaban J connectivity index is 1.90. The lowest BCUT2D eigenvalue weighted by Crippen LogP contribution is -2.34. The molecule has 0 aliphatic carbocycles. The molecule has 2 saturated heterocycles. The van der Waals surface area contributed by atoms with Crippen molar-refractivity contribution in [1.82, 2.24) is 4.72 Å². The fraction of sp³-hybridized carbons (Fsp3) is 0.667. The van der Waals surface area contributed by atoms with Crippen LogP contribution in [0.3, 0.4) is 0 Å². The Hall–Kier alpha value is -1.47. The molecule has 2 fully saturated rings. The molecule has 6 nitrogen and oxygen atoms in total. The summed E-state index contributed by atoms with van der Waals surface area (Å²) in [5.41, 5.74) is 2.78. The van der Waals surface area contributed by atoms with Crippen LogP contribution in [0.15, 0.2) is 18.2 Å². The van der Waals surface area contributed by atoms with Gasteiger partial charge in [0.05, 0.1) is 11.4 Å². The van der Waals surface area contributed by atoms with Gasteiger partial charge in [-0.1, -0.05) is 6.92 Å². The molecule has 0 atom stereocenters. The fourth-order valence-electron chi connectivity index (χ4n) is 3.74. The third-order valence-corrected chi connectivity index (χ3v) is 6.13. The van der Waals surface area contributed by atoms with Crippen LogP contribution in [-0.4, -0.2) is 41.1 Å². The van der Waals surface area contributed by atoms with E-state index in [0.29, 0.717) is 12.2 Å². The van der Waals surface area contributed by atoms with Crippen molar-refractivity contribution in [3.05, 3.63) is 18.2 Å². The van der Waals surface area contributed by atoms with Gasteiger partial charge in [-0.25, -0.2) is 0 Å². The molecule has 0 spiro atoms. The van der Waals surface area contributed by atoms with E-state index in [1.807, 2.05) is 6.07 Å². The van der Waals surface area contributed by atoms with Crippen LogP contribution in [0, 0.1) is 0 Å². The molecule has 2 heterocycles. The standard InChI is InChI=1S/C18H30N4O2S/c1-2-19-25(23,24)20-17-15-16(21-11-5-3-6-12-21)9-10-18(17)22-13-7-4-8-14-22/h9-10,15,19-20H,2-8,11-14H2,1H3. The molecule has 2 aliphatic heterocycles. The van der Waals surface area contributed by atoms with Crippen molar-refractivity contribution in [2.24, 2.45) is 0 Å². The van der Waals surface area contributed by atoms with Crippen molar-refractivity contribution in [1.29, 1.82) is 0 Å². The molecule has 25 heavy (non-hydrogen) atoms. The topological polar surface area (TPSA) is 64.7 Å². The molecule has 0 saturated carbocycles. The van der Waals surface area contributed by atoms with Crippen molar-refractivity contribution >= 4 is 27.3 Å². The smallest absolute Gasteiger partial charge is 0.299 e. The van der Waals surface area contributed by atoms with Crippen molar-refractivity contribution in [2.45, 2.75) is 45.4 Å². The van der Waals surface area contributed by atoms with E-state index in [9.17, 15) is 8.42 Å². The highest BCUT2D eigenvalue weighted by molar-refractivity contribution is 7.90. The summed E-state index contributed by atoms with van der Waals surface area (Å²) in [6, 6.07) is 6.23. The van der Waals surface area contributed by atoms with Gasteiger partial charge in [0.1, 0.15) is 0 Å². The monoisotopic (exact) mass is 366 g/mol. The summed E-state index contributed by atoms with van der Waals surface area (Å²) in [7, 11) is -3.54. The minimum Gasteiger partial charge on any atom is -0.371 e. The highest BCUT2D eigenvalue weighted by Crippen LogP contribution is 2.34. The summed E-state index contributed by atoms with van der Waals surface area (Å²) in [4.78, 5) is 4.65. The van der Waals surface area contributed by atoms with Gasteiger partial charge in [0.15, 0.2) is 0 Å². The number of rotatable bonds is 6. The molecular formula is C18H30N4O2S. The van der Waals surface area contributed by atoms with Gasteiger partial charge in [0.2, 0.25) is 0 Å². The molecule has 140 valence electrons. The summed E-state index contributed by atoms with van der Waals surface area (Å²) >= 11 is 0. The van der Waals surface area contributed by atoms with Crippen molar-refractivity contribution in [3.63, 3.8) is 0 Å². The molecule has 1 aromatic carbocycles. The number of nitrogens with one attached hydrogen (secondary N) is 2. The second-order valence-corrected chi connectivity index (χ2v) is 8.40. The minimum atomic E-state index is -3.54. The first-order valence-corrected chi connectivity index (χ1v) is 11.0. The van der Waals surface area contributed by atoms with Crippen molar-refractivity contribution in [3.8, 4) is 0 Å². The van der Waals surface area contributed by atoms with Crippen molar-refractivity contribution in [2.75, 3.05) is 47.2 Å². The largest absolute Gasteiger partial charge is 0.371 e. The number of anilines is 3. The van der Waals surface area contributed by atoms with Crippen molar-refractivity contribution < 1.29 is 8.42 Å². The average Bonchev–Trinajstić information content (AvgIpc) is 2.63. The number of hydrogen-bond acceptors (Lipinski definition) is 4. The third kappa shape index (κ3) is 4.79. The Morgan fingerprint density at radius 2 is 1.52 bits per heavy atom. The lowest BCUT2D eigenvalue weighted by atomic mass is 10.1. The zero-order valence-corrected chi connectivity index (χ0v) is 15.9. The predicted octanol–water partition coefficient (Wildman–Crippen LogP) is 2.93. The normalized spacial score (nSPS) is 19.1. The maximum Gasteiger partial charge on any atom is 0.299 e. The van der Waals surface area contributed by atoms with Gasteiger partial charge in [-0.3, -0.25) is 4.72 Å². The number of benzene rings is 1. The van der Waals surface area contributed by atoms with E-state index in [4.69, 9.17) is 0 Å². The Labute approximate surface area is 151 Å². The summed E-state index contributed by atoms with van der Waals surface area (Å²) in [5, 5.41) is 0.